The highest BCUT2D eigenvalue weighted by Gasteiger charge is 2.16. The maximum Gasteiger partial charge on any atom is 0.280 e. The first kappa shape index (κ1) is 20.4. The summed E-state index contributed by atoms with van der Waals surface area (Å²) in [6.07, 6.45) is 3.86. The lowest BCUT2D eigenvalue weighted by Gasteiger charge is -2.10. The molecule has 0 unspecified atom stereocenters. The third-order valence-electron chi connectivity index (χ3n) is 3.98. The molecule has 2 rings (SSSR count). The van der Waals surface area contributed by atoms with E-state index in [1.807, 2.05) is 0 Å². The zero-order chi connectivity index (χ0) is 19.8. The van der Waals surface area contributed by atoms with Crippen LogP contribution >= 0.6 is 11.6 Å². The van der Waals surface area contributed by atoms with Crippen LogP contribution in [0.1, 0.15) is 41.4 Å². The van der Waals surface area contributed by atoms with E-state index in [1.165, 1.54) is 11.1 Å². The van der Waals surface area contributed by atoms with Crippen LogP contribution in [0.3, 0.4) is 0 Å². The Morgan fingerprint density at radius 1 is 1.11 bits per heavy atom. The number of nitrogen functional groups attached to an aromatic ring is 2. The van der Waals surface area contributed by atoms with E-state index in [4.69, 9.17) is 28.5 Å². The van der Waals surface area contributed by atoms with Crippen molar-refractivity contribution in [1.82, 2.24) is 20.6 Å². The Hall–Kier alpha value is -2.87. The molecule has 0 aliphatic heterocycles. The zero-order valence-corrected chi connectivity index (χ0v) is 15.9. The minimum absolute atomic E-state index is 0.0525. The smallest absolute Gasteiger partial charge is 0.280 e. The van der Waals surface area contributed by atoms with Gasteiger partial charge in [0.2, 0.25) is 0 Å². The number of halogens is 1. The Balaban J connectivity index is 1.71. The van der Waals surface area contributed by atoms with Crippen LogP contribution in [0, 0.1) is 5.41 Å². The minimum atomic E-state index is -0.671. The van der Waals surface area contributed by atoms with Gasteiger partial charge in [0.25, 0.3) is 5.91 Å². The molecule has 0 saturated carbocycles. The number of anilines is 2. The van der Waals surface area contributed by atoms with E-state index in [1.54, 1.807) is 0 Å². The first-order chi connectivity index (χ1) is 12.9. The number of hydrogen-bond donors (Lipinski definition) is 5. The number of nitrogens with one attached hydrogen (secondary N) is 3. The summed E-state index contributed by atoms with van der Waals surface area (Å²) in [5.41, 5.74) is 13.5. The number of amides is 1. The zero-order valence-electron chi connectivity index (χ0n) is 15.2. The molecule has 7 N–H and O–H groups in total. The normalized spacial score (nSPS) is 10.4. The first-order valence-electron chi connectivity index (χ1n) is 8.70. The summed E-state index contributed by atoms with van der Waals surface area (Å²) in [5, 5.41) is 12.9. The molecule has 0 bridgehead atoms. The Kier molecular flexibility index (Phi) is 7.36. The highest BCUT2D eigenvalue weighted by Crippen LogP contribution is 2.17. The van der Waals surface area contributed by atoms with Gasteiger partial charge in [-0.05, 0) is 36.8 Å². The molecule has 1 aromatic carbocycles. The third kappa shape index (κ3) is 6.10. The second-order valence-corrected chi connectivity index (χ2v) is 6.37. The number of nitrogens with zero attached hydrogens (tertiary/aromatic N) is 2. The van der Waals surface area contributed by atoms with Gasteiger partial charge < -0.3 is 16.8 Å². The van der Waals surface area contributed by atoms with Gasteiger partial charge in [0.1, 0.15) is 0 Å². The monoisotopic (exact) mass is 389 g/mol. The van der Waals surface area contributed by atoms with Crippen molar-refractivity contribution in [1.29, 1.82) is 5.41 Å². The van der Waals surface area contributed by atoms with Gasteiger partial charge in [-0.15, -0.1) is 0 Å². The molecule has 8 nitrogen and oxygen atoms in total. The van der Waals surface area contributed by atoms with Crippen LogP contribution in [0.15, 0.2) is 24.3 Å². The fourth-order valence-electron chi connectivity index (χ4n) is 2.43. The fraction of sp³-hybridized carbons (Fsp3) is 0.333. The number of nitrogens with two attached hydrogens (primary N) is 2. The van der Waals surface area contributed by atoms with Crippen LogP contribution < -0.4 is 22.1 Å². The summed E-state index contributed by atoms with van der Waals surface area (Å²) in [5.74, 6) is -1.00. The molecular weight excluding hydrogens is 366 g/mol. The molecule has 1 aromatic heterocycles. The van der Waals surface area contributed by atoms with Crippen molar-refractivity contribution in [2.75, 3.05) is 18.0 Å². The average Bonchev–Trinajstić information content (AvgIpc) is 2.64. The van der Waals surface area contributed by atoms with Crippen molar-refractivity contribution in [3.63, 3.8) is 0 Å². The van der Waals surface area contributed by atoms with E-state index in [0.717, 1.165) is 25.7 Å². The van der Waals surface area contributed by atoms with Crippen LogP contribution in [0.5, 0.6) is 0 Å². The molecule has 2 aromatic rings. The quantitative estimate of drug-likeness (QED) is 0.279. The topological polar surface area (TPSA) is 143 Å². The lowest BCUT2D eigenvalue weighted by Crippen LogP contribution is -2.41. The van der Waals surface area contributed by atoms with Crippen molar-refractivity contribution in [3.8, 4) is 0 Å². The largest absolute Gasteiger partial charge is 0.382 e. The van der Waals surface area contributed by atoms with E-state index >= 15 is 0 Å². The van der Waals surface area contributed by atoms with E-state index in [-0.39, 0.29) is 28.4 Å². The number of benzene rings is 1. The highest BCUT2D eigenvalue weighted by atomic mass is 35.5. The van der Waals surface area contributed by atoms with Gasteiger partial charge in [-0.2, -0.15) is 0 Å². The maximum absolute atomic E-state index is 12.1. The van der Waals surface area contributed by atoms with Crippen LogP contribution in [0.25, 0.3) is 0 Å². The fourth-order valence-corrected chi connectivity index (χ4v) is 2.56. The number of carbonyl (C=O) groups is 1. The number of aryl methyl sites for hydroxylation is 2. The third-order valence-corrected chi connectivity index (χ3v) is 4.26. The Morgan fingerprint density at radius 2 is 1.78 bits per heavy atom. The van der Waals surface area contributed by atoms with Gasteiger partial charge in [-0.1, -0.05) is 42.8 Å². The summed E-state index contributed by atoms with van der Waals surface area (Å²) < 4.78 is 0. The van der Waals surface area contributed by atoms with Crippen LogP contribution in [-0.4, -0.2) is 28.4 Å². The lowest BCUT2D eigenvalue weighted by atomic mass is 10.1. The van der Waals surface area contributed by atoms with E-state index in [0.29, 0.717) is 6.54 Å². The molecule has 0 fully saturated rings. The summed E-state index contributed by atoms with van der Waals surface area (Å²) >= 11 is 5.75. The van der Waals surface area contributed by atoms with Crippen molar-refractivity contribution in [3.05, 3.63) is 46.2 Å². The molecular formula is C18H24ClN7O. The summed E-state index contributed by atoms with van der Waals surface area (Å²) in [7, 11) is 0. The summed E-state index contributed by atoms with van der Waals surface area (Å²) in [4.78, 5) is 19.6. The molecule has 0 saturated heterocycles. The van der Waals surface area contributed by atoms with Crippen molar-refractivity contribution >= 4 is 35.1 Å². The number of guanidine groups is 1. The molecule has 0 atom stereocenters. The van der Waals surface area contributed by atoms with E-state index < -0.39 is 5.91 Å². The first-order valence-corrected chi connectivity index (χ1v) is 9.08. The van der Waals surface area contributed by atoms with E-state index in [9.17, 15) is 4.79 Å². The standard InChI is InChI=1S/C18H24ClN7O/c1-2-11-6-8-12(9-7-11)5-3-4-10-23-18(22)26-17(27)13-15(20)25-16(21)14(19)24-13/h6-9H,2-5,10H2,1H3,(H4,20,21,25)(H3,22,23,26,27). The number of unbranched alkanes of at least 4 members (excludes halogenated alkanes) is 1. The molecule has 0 aliphatic rings. The van der Waals surface area contributed by atoms with E-state index in [2.05, 4.69) is 51.8 Å². The SMILES string of the molecule is CCc1ccc(CCCCNC(=N)NC(=O)c2nc(Cl)c(N)nc2N)cc1. The molecule has 0 spiro atoms. The maximum atomic E-state index is 12.1. The van der Waals surface area contributed by atoms with Crippen LogP contribution in [0.4, 0.5) is 11.6 Å². The Morgan fingerprint density at radius 3 is 2.44 bits per heavy atom. The Labute approximate surface area is 163 Å². The van der Waals surface area contributed by atoms with Gasteiger partial charge in [0.15, 0.2) is 28.4 Å². The lowest BCUT2D eigenvalue weighted by molar-refractivity contribution is 0.0971. The number of rotatable bonds is 7. The van der Waals surface area contributed by atoms with Crippen LogP contribution in [-0.2, 0) is 12.8 Å². The molecule has 144 valence electrons. The summed E-state index contributed by atoms with van der Waals surface area (Å²) in [6.45, 7) is 2.70. The molecule has 9 heteroatoms. The number of aromatic nitrogens is 2. The number of carbonyl (C=O) groups excluding carboxylic acids is 1. The predicted molar refractivity (Wildman–Crippen MR) is 108 cm³/mol. The minimum Gasteiger partial charge on any atom is -0.382 e. The second-order valence-electron chi connectivity index (χ2n) is 6.02. The molecule has 0 aliphatic carbocycles. The van der Waals surface area contributed by atoms with Gasteiger partial charge in [-0.3, -0.25) is 15.5 Å². The van der Waals surface area contributed by atoms with Crippen molar-refractivity contribution in [2.45, 2.75) is 32.6 Å². The van der Waals surface area contributed by atoms with Gasteiger partial charge in [0, 0.05) is 6.54 Å². The second kappa shape index (κ2) is 9.72. The predicted octanol–water partition coefficient (Wildman–Crippen LogP) is 2.13. The highest BCUT2D eigenvalue weighted by molar-refractivity contribution is 6.31. The van der Waals surface area contributed by atoms with Crippen molar-refractivity contribution < 1.29 is 4.79 Å². The molecule has 1 amide bonds. The number of hydrogen-bond acceptors (Lipinski definition) is 6. The van der Waals surface area contributed by atoms with Crippen LogP contribution in [0.2, 0.25) is 5.15 Å². The molecule has 0 radical (unpaired) electrons. The van der Waals surface area contributed by atoms with Gasteiger partial charge >= 0.3 is 0 Å². The van der Waals surface area contributed by atoms with Gasteiger partial charge in [-0.25, -0.2) is 9.97 Å². The molecule has 1 heterocycles. The van der Waals surface area contributed by atoms with Gasteiger partial charge in [0.05, 0.1) is 0 Å². The average molecular weight is 390 g/mol. The Bertz CT molecular complexity index is 808. The molecule has 27 heavy (non-hydrogen) atoms. The summed E-state index contributed by atoms with van der Waals surface area (Å²) in [6, 6.07) is 8.60. The van der Waals surface area contributed by atoms with Crippen molar-refractivity contribution in [2.24, 2.45) is 0 Å².